The van der Waals surface area contributed by atoms with E-state index in [2.05, 4.69) is 15.1 Å². The predicted octanol–water partition coefficient (Wildman–Crippen LogP) is 1.45. The van der Waals surface area contributed by atoms with Gasteiger partial charge < -0.3 is 15.2 Å². The van der Waals surface area contributed by atoms with Crippen LogP contribution in [-0.4, -0.2) is 15.1 Å². The summed E-state index contributed by atoms with van der Waals surface area (Å²) in [7, 11) is 0. The van der Waals surface area contributed by atoms with E-state index in [1.54, 1.807) is 6.08 Å². The number of hydrogen-bond donors (Lipinski definition) is 2. The maximum absolute atomic E-state index is 5.34. The first kappa shape index (κ1) is 11.5. The van der Waals surface area contributed by atoms with Crippen molar-refractivity contribution in [3.05, 3.63) is 35.7 Å². The molecule has 0 radical (unpaired) electrons. The van der Waals surface area contributed by atoms with E-state index in [1.807, 2.05) is 24.5 Å². The van der Waals surface area contributed by atoms with Crippen molar-refractivity contribution in [2.45, 2.75) is 6.54 Å². The summed E-state index contributed by atoms with van der Waals surface area (Å²) in [5.41, 5.74) is 6.39. The molecule has 2 heterocycles. The molecule has 2 aromatic rings. The van der Waals surface area contributed by atoms with Crippen molar-refractivity contribution in [2.75, 3.05) is 0 Å². The standard InChI is InChI=1S/C9H10N4O.ClH/c10-5-8-12-9(14-13-8)2-1-7-3-4-11-6-7;/h1-4,6,11H,5,10H2;1H/b2-1+;. The summed E-state index contributed by atoms with van der Waals surface area (Å²) in [5, 5.41) is 3.66. The zero-order chi connectivity index (χ0) is 9.80. The Morgan fingerprint density at radius 1 is 1.47 bits per heavy atom. The molecule has 0 atom stereocenters. The number of rotatable bonds is 3. The number of nitrogens with two attached hydrogens (primary N) is 1. The fourth-order valence-electron chi connectivity index (χ4n) is 1.03. The lowest BCUT2D eigenvalue weighted by atomic mass is 10.3. The molecule has 2 rings (SSSR count). The van der Waals surface area contributed by atoms with Crippen molar-refractivity contribution in [3.8, 4) is 0 Å². The minimum atomic E-state index is 0. The van der Waals surface area contributed by atoms with Gasteiger partial charge in [0.15, 0.2) is 5.82 Å². The molecule has 6 heteroatoms. The van der Waals surface area contributed by atoms with Crippen LogP contribution in [0.4, 0.5) is 0 Å². The minimum absolute atomic E-state index is 0. The van der Waals surface area contributed by atoms with Gasteiger partial charge in [0, 0.05) is 18.5 Å². The van der Waals surface area contributed by atoms with Crippen molar-refractivity contribution in [1.82, 2.24) is 15.1 Å². The molecule has 0 spiro atoms. The Labute approximate surface area is 92.8 Å². The molecule has 0 unspecified atom stereocenters. The highest BCUT2D eigenvalue weighted by atomic mass is 35.5. The van der Waals surface area contributed by atoms with Gasteiger partial charge >= 0.3 is 0 Å². The highest BCUT2D eigenvalue weighted by molar-refractivity contribution is 5.85. The van der Waals surface area contributed by atoms with Crippen LogP contribution in [0.3, 0.4) is 0 Å². The van der Waals surface area contributed by atoms with Crippen LogP contribution in [0.1, 0.15) is 17.3 Å². The number of nitrogens with one attached hydrogen (secondary N) is 1. The third-order valence-electron chi connectivity index (χ3n) is 1.71. The van der Waals surface area contributed by atoms with Crippen molar-refractivity contribution in [3.63, 3.8) is 0 Å². The third kappa shape index (κ3) is 2.93. The summed E-state index contributed by atoms with van der Waals surface area (Å²) in [4.78, 5) is 6.97. The second-order valence-electron chi connectivity index (χ2n) is 2.73. The van der Waals surface area contributed by atoms with Gasteiger partial charge in [0.1, 0.15) is 0 Å². The first-order valence-electron chi connectivity index (χ1n) is 4.22. The van der Waals surface area contributed by atoms with E-state index in [1.165, 1.54) is 0 Å². The Balaban J connectivity index is 0.00000112. The molecule has 0 saturated heterocycles. The van der Waals surface area contributed by atoms with Gasteiger partial charge in [-0.05, 0) is 17.7 Å². The maximum atomic E-state index is 5.34. The highest BCUT2D eigenvalue weighted by Crippen LogP contribution is 2.05. The lowest BCUT2D eigenvalue weighted by molar-refractivity contribution is 0.403. The summed E-state index contributed by atoms with van der Waals surface area (Å²) in [6, 6.07) is 1.94. The van der Waals surface area contributed by atoms with Crippen LogP contribution < -0.4 is 5.73 Å². The van der Waals surface area contributed by atoms with Gasteiger partial charge in [0.2, 0.25) is 0 Å². The van der Waals surface area contributed by atoms with E-state index < -0.39 is 0 Å². The summed E-state index contributed by atoms with van der Waals surface area (Å²) in [6.45, 7) is 0.293. The van der Waals surface area contributed by atoms with Crippen molar-refractivity contribution in [1.29, 1.82) is 0 Å². The minimum Gasteiger partial charge on any atom is -0.367 e. The predicted molar refractivity (Wildman–Crippen MR) is 59.2 cm³/mol. The van der Waals surface area contributed by atoms with E-state index >= 15 is 0 Å². The van der Waals surface area contributed by atoms with Crippen LogP contribution in [0.15, 0.2) is 23.0 Å². The van der Waals surface area contributed by atoms with Crippen molar-refractivity contribution in [2.24, 2.45) is 5.73 Å². The van der Waals surface area contributed by atoms with E-state index in [0.717, 1.165) is 5.56 Å². The normalized spacial score (nSPS) is 10.5. The molecule has 0 saturated carbocycles. The highest BCUT2D eigenvalue weighted by Gasteiger charge is 1.99. The molecule has 2 aromatic heterocycles. The molecule has 0 aliphatic carbocycles. The number of hydrogen-bond acceptors (Lipinski definition) is 4. The van der Waals surface area contributed by atoms with Crippen LogP contribution in [0.2, 0.25) is 0 Å². The van der Waals surface area contributed by atoms with Gasteiger partial charge in [-0.3, -0.25) is 0 Å². The lowest BCUT2D eigenvalue weighted by Crippen LogP contribution is -1.97. The van der Waals surface area contributed by atoms with E-state index in [4.69, 9.17) is 10.3 Å². The molecule has 80 valence electrons. The maximum Gasteiger partial charge on any atom is 0.250 e. The number of H-pyrrole nitrogens is 1. The first-order chi connectivity index (χ1) is 6.88. The quantitative estimate of drug-likeness (QED) is 0.830. The molecular weight excluding hydrogens is 216 g/mol. The number of halogens is 1. The fourth-order valence-corrected chi connectivity index (χ4v) is 1.03. The van der Waals surface area contributed by atoms with Crippen LogP contribution >= 0.6 is 12.4 Å². The molecule has 0 bridgehead atoms. The van der Waals surface area contributed by atoms with E-state index in [9.17, 15) is 0 Å². The van der Waals surface area contributed by atoms with Crippen LogP contribution in [-0.2, 0) is 6.54 Å². The van der Waals surface area contributed by atoms with Crippen LogP contribution in [0, 0.1) is 0 Å². The Morgan fingerprint density at radius 3 is 2.93 bits per heavy atom. The number of aromatic amines is 1. The number of aromatic nitrogens is 3. The summed E-state index contributed by atoms with van der Waals surface area (Å²) >= 11 is 0. The van der Waals surface area contributed by atoms with E-state index in [0.29, 0.717) is 18.3 Å². The lowest BCUT2D eigenvalue weighted by Gasteiger charge is -1.80. The third-order valence-corrected chi connectivity index (χ3v) is 1.71. The molecule has 0 aliphatic rings. The molecule has 15 heavy (non-hydrogen) atoms. The summed E-state index contributed by atoms with van der Waals surface area (Å²) in [6.07, 6.45) is 7.34. The molecule has 3 N–H and O–H groups in total. The second-order valence-corrected chi connectivity index (χ2v) is 2.73. The van der Waals surface area contributed by atoms with Gasteiger partial charge in [-0.25, -0.2) is 0 Å². The first-order valence-corrected chi connectivity index (χ1v) is 4.22. The Bertz CT molecular complexity index is 421. The average Bonchev–Trinajstić information content (AvgIpc) is 2.86. The van der Waals surface area contributed by atoms with Gasteiger partial charge in [0.25, 0.3) is 5.89 Å². The molecule has 0 aliphatic heterocycles. The molecule has 0 fully saturated rings. The Hall–Kier alpha value is -1.59. The monoisotopic (exact) mass is 226 g/mol. The fraction of sp³-hybridized carbons (Fsp3) is 0.111. The largest absolute Gasteiger partial charge is 0.367 e. The van der Waals surface area contributed by atoms with Gasteiger partial charge in [-0.15, -0.1) is 12.4 Å². The van der Waals surface area contributed by atoms with Crippen molar-refractivity contribution < 1.29 is 4.52 Å². The topological polar surface area (TPSA) is 80.7 Å². The smallest absolute Gasteiger partial charge is 0.250 e. The van der Waals surface area contributed by atoms with Gasteiger partial charge in [-0.1, -0.05) is 5.16 Å². The molecular formula is C9H11ClN4O. The summed E-state index contributed by atoms with van der Waals surface area (Å²) in [5.74, 6) is 0.977. The Morgan fingerprint density at radius 2 is 2.33 bits per heavy atom. The van der Waals surface area contributed by atoms with E-state index in [-0.39, 0.29) is 12.4 Å². The van der Waals surface area contributed by atoms with Gasteiger partial charge in [0.05, 0.1) is 6.54 Å². The number of nitrogens with zero attached hydrogens (tertiary/aromatic N) is 2. The Kier molecular flexibility index (Phi) is 4.08. The van der Waals surface area contributed by atoms with Crippen LogP contribution in [0.25, 0.3) is 12.2 Å². The second kappa shape index (κ2) is 5.33. The molecule has 0 amide bonds. The zero-order valence-electron chi connectivity index (χ0n) is 7.88. The zero-order valence-corrected chi connectivity index (χ0v) is 8.70. The molecule has 0 aromatic carbocycles. The SMILES string of the molecule is Cl.NCc1noc(/C=C/c2cc[nH]c2)n1. The summed E-state index contributed by atoms with van der Waals surface area (Å²) < 4.78 is 4.92. The van der Waals surface area contributed by atoms with Crippen molar-refractivity contribution >= 4 is 24.6 Å². The van der Waals surface area contributed by atoms with Gasteiger partial charge in [-0.2, -0.15) is 4.98 Å². The average molecular weight is 227 g/mol. The van der Waals surface area contributed by atoms with Crippen LogP contribution in [0.5, 0.6) is 0 Å². The molecule has 5 nitrogen and oxygen atoms in total.